The minimum atomic E-state index is -3.62. The lowest BCUT2D eigenvalue weighted by Gasteiger charge is -2.22. The Morgan fingerprint density at radius 3 is 2.63 bits per heavy atom. The van der Waals surface area contributed by atoms with Gasteiger partial charge in [0.05, 0.1) is 5.69 Å². The molecule has 0 spiro atoms. The number of benzene rings is 1. The Hall–Kier alpha value is -1.14. The topological polar surface area (TPSA) is 63.4 Å². The smallest absolute Gasteiger partial charge is 0.245 e. The van der Waals surface area contributed by atoms with E-state index in [1.165, 1.54) is 10.4 Å². The fraction of sp³-hybridized carbons (Fsp3) is 0.538. The first kappa shape index (κ1) is 14.3. The van der Waals surface area contributed by atoms with Gasteiger partial charge in [-0.05, 0) is 37.5 Å². The standard InChI is InChI=1S/C13H19FN2O2S/c1-2-3-8-16(11-5-6-11)19(17,18)13-7-4-10(14)9-12(13)15/h4,7,9,11H,2-3,5-6,8,15H2,1H3. The van der Waals surface area contributed by atoms with Gasteiger partial charge in [0.1, 0.15) is 10.7 Å². The van der Waals surface area contributed by atoms with Crippen LogP contribution in [0.2, 0.25) is 0 Å². The number of nitrogens with zero attached hydrogens (tertiary/aromatic N) is 1. The van der Waals surface area contributed by atoms with Gasteiger partial charge in [0.25, 0.3) is 0 Å². The van der Waals surface area contributed by atoms with E-state index in [1.807, 2.05) is 6.92 Å². The lowest BCUT2D eigenvalue weighted by atomic mass is 10.3. The third-order valence-corrected chi connectivity index (χ3v) is 5.27. The van der Waals surface area contributed by atoms with E-state index in [4.69, 9.17) is 5.73 Å². The Balaban J connectivity index is 2.33. The highest BCUT2D eigenvalue weighted by molar-refractivity contribution is 7.89. The average Bonchev–Trinajstić information content (AvgIpc) is 3.13. The number of halogens is 1. The van der Waals surface area contributed by atoms with E-state index in [0.717, 1.165) is 37.8 Å². The van der Waals surface area contributed by atoms with Gasteiger partial charge in [-0.1, -0.05) is 13.3 Å². The van der Waals surface area contributed by atoms with Crippen LogP contribution in [0.25, 0.3) is 0 Å². The molecule has 1 aliphatic rings. The van der Waals surface area contributed by atoms with Crippen molar-refractivity contribution in [1.29, 1.82) is 0 Å². The molecule has 2 N–H and O–H groups in total. The number of nitrogen functional groups attached to an aromatic ring is 1. The molecular formula is C13H19FN2O2S. The fourth-order valence-electron chi connectivity index (χ4n) is 2.06. The molecule has 0 radical (unpaired) electrons. The number of nitrogens with two attached hydrogens (primary N) is 1. The van der Waals surface area contributed by atoms with Crippen LogP contribution in [-0.4, -0.2) is 25.3 Å². The lowest BCUT2D eigenvalue weighted by Crippen LogP contribution is -2.34. The molecule has 0 bridgehead atoms. The molecule has 0 unspecified atom stereocenters. The molecule has 0 atom stereocenters. The Bertz CT molecular complexity index is 556. The van der Waals surface area contributed by atoms with E-state index in [0.29, 0.717) is 6.54 Å². The molecule has 106 valence electrons. The Labute approximate surface area is 113 Å². The quantitative estimate of drug-likeness (QED) is 0.817. The van der Waals surface area contributed by atoms with E-state index in [-0.39, 0.29) is 16.6 Å². The van der Waals surface area contributed by atoms with Crippen LogP contribution in [0.5, 0.6) is 0 Å². The van der Waals surface area contributed by atoms with Gasteiger partial charge in [-0.15, -0.1) is 0 Å². The van der Waals surface area contributed by atoms with Crippen LogP contribution in [-0.2, 0) is 10.0 Å². The first-order valence-corrected chi connectivity index (χ1v) is 7.97. The maximum absolute atomic E-state index is 13.0. The van der Waals surface area contributed by atoms with Gasteiger partial charge < -0.3 is 5.73 Å². The summed E-state index contributed by atoms with van der Waals surface area (Å²) in [5, 5.41) is 0. The maximum Gasteiger partial charge on any atom is 0.245 e. The summed E-state index contributed by atoms with van der Waals surface area (Å²) in [5.41, 5.74) is 5.62. The summed E-state index contributed by atoms with van der Waals surface area (Å²) in [6.07, 6.45) is 3.53. The maximum atomic E-state index is 13.0. The van der Waals surface area contributed by atoms with E-state index in [2.05, 4.69) is 0 Å². The summed E-state index contributed by atoms with van der Waals surface area (Å²) in [7, 11) is -3.62. The van der Waals surface area contributed by atoms with Crippen molar-refractivity contribution in [1.82, 2.24) is 4.31 Å². The number of hydrogen-bond donors (Lipinski definition) is 1. The fourth-order valence-corrected chi connectivity index (χ4v) is 3.88. The van der Waals surface area contributed by atoms with Crippen LogP contribution in [0.4, 0.5) is 10.1 Å². The van der Waals surface area contributed by atoms with Gasteiger partial charge in [-0.2, -0.15) is 4.31 Å². The molecule has 0 aromatic heterocycles. The van der Waals surface area contributed by atoms with E-state index in [1.54, 1.807) is 0 Å². The van der Waals surface area contributed by atoms with Crippen LogP contribution in [0, 0.1) is 5.82 Å². The molecule has 19 heavy (non-hydrogen) atoms. The molecule has 1 aromatic rings. The third kappa shape index (κ3) is 3.06. The van der Waals surface area contributed by atoms with Crippen LogP contribution in [0.3, 0.4) is 0 Å². The normalized spacial score (nSPS) is 15.9. The highest BCUT2D eigenvalue weighted by Gasteiger charge is 2.38. The highest BCUT2D eigenvalue weighted by Crippen LogP contribution is 2.34. The summed E-state index contributed by atoms with van der Waals surface area (Å²) >= 11 is 0. The van der Waals surface area contributed by atoms with Crippen molar-refractivity contribution in [2.75, 3.05) is 12.3 Å². The van der Waals surface area contributed by atoms with E-state index < -0.39 is 15.8 Å². The van der Waals surface area contributed by atoms with Gasteiger partial charge in [-0.3, -0.25) is 0 Å². The summed E-state index contributed by atoms with van der Waals surface area (Å²) in [6, 6.07) is 3.52. The van der Waals surface area contributed by atoms with Crippen molar-refractivity contribution in [2.24, 2.45) is 0 Å². The number of hydrogen-bond acceptors (Lipinski definition) is 3. The second-order valence-electron chi connectivity index (χ2n) is 4.88. The average molecular weight is 286 g/mol. The molecule has 6 heteroatoms. The second-order valence-corrected chi connectivity index (χ2v) is 6.74. The van der Waals surface area contributed by atoms with Crippen molar-refractivity contribution in [3.05, 3.63) is 24.0 Å². The van der Waals surface area contributed by atoms with E-state index in [9.17, 15) is 12.8 Å². The number of anilines is 1. The first-order valence-electron chi connectivity index (χ1n) is 6.53. The van der Waals surface area contributed by atoms with Crippen LogP contribution in [0.15, 0.2) is 23.1 Å². The Morgan fingerprint density at radius 1 is 1.42 bits per heavy atom. The number of sulfonamides is 1. The molecule has 1 saturated carbocycles. The minimum absolute atomic E-state index is 0.0110. The largest absolute Gasteiger partial charge is 0.398 e. The van der Waals surface area contributed by atoms with Crippen molar-refractivity contribution < 1.29 is 12.8 Å². The zero-order chi connectivity index (χ0) is 14.0. The predicted octanol–water partition coefficient (Wildman–Crippen LogP) is 2.36. The number of unbranched alkanes of at least 4 members (excludes halogenated alkanes) is 1. The second kappa shape index (κ2) is 5.46. The van der Waals surface area contributed by atoms with Crippen molar-refractivity contribution in [3.8, 4) is 0 Å². The monoisotopic (exact) mass is 286 g/mol. The molecule has 0 aliphatic heterocycles. The van der Waals surface area contributed by atoms with Crippen molar-refractivity contribution >= 4 is 15.7 Å². The number of rotatable bonds is 6. The summed E-state index contributed by atoms with van der Waals surface area (Å²) < 4.78 is 39.7. The van der Waals surface area contributed by atoms with Crippen molar-refractivity contribution in [2.45, 2.75) is 43.5 Å². The first-order chi connectivity index (χ1) is 8.96. The van der Waals surface area contributed by atoms with Crippen LogP contribution >= 0.6 is 0 Å². The molecule has 1 aliphatic carbocycles. The minimum Gasteiger partial charge on any atom is -0.398 e. The van der Waals surface area contributed by atoms with Gasteiger partial charge >= 0.3 is 0 Å². The summed E-state index contributed by atoms with van der Waals surface area (Å²) in [6.45, 7) is 2.52. The van der Waals surface area contributed by atoms with Gasteiger partial charge in [0.2, 0.25) is 10.0 Å². The van der Waals surface area contributed by atoms with Crippen LogP contribution < -0.4 is 5.73 Å². The van der Waals surface area contributed by atoms with Crippen molar-refractivity contribution in [3.63, 3.8) is 0 Å². The molecule has 0 amide bonds. The summed E-state index contributed by atoms with van der Waals surface area (Å²) in [5.74, 6) is -0.525. The van der Waals surface area contributed by atoms with E-state index >= 15 is 0 Å². The van der Waals surface area contributed by atoms with Gasteiger partial charge in [0.15, 0.2) is 0 Å². The molecule has 1 aromatic carbocycles. The third-order valence-electron chi connectivity index (χ3n) is 3.24. The van der Waals surface area contributed by atoms with Gasteiger partial charge in [-0.25, -0.2) is 12.8 Å². The van der Waals surface area contributed by atoms with Gasteiger partial charge in [0, 0.05) is 12.6 Å². The molecule has 2 rings (SSSR count). The lowest BCUT2D eigenvalue weighted by molar-refractivity contribution is 0.396. The summed E-state index contributed by atoms with van der Waals surface area (Å²) in [4.78, 5) is 0.0110. The van der Waals surface area contributed by atoms with Crippen LogP contribution in [0.1, 0.15) is 32.6 Å². The highest BCUT2D eigenvalue weighted by atomic mass is 32.2. The zero-order valence-electron chi connectivity index (χ0n) is 11.0. The molecular weight excluding hydrogens is 267 g/mol. The Morgan fingerprint density at radius 2 is 2.11 bits per heavy atom. The molecule has 1 fully saturated rings. The molecule has 0 heterocycles. The Kier molecular flexibility index (Phi) is 4.10. The molecule has 0 saturated heterocycles. The SMILES string of the molecule is CCCCN(C1CC1)S(=O)(=O)c1ccc(F)cc1N. The zero-order valence-corrected chi connectivity index (χ0v) is 11.8. The predicted molar refractivity (Wildman–Crippen MR) is 72.6 cm³/mol. The molecule has 4 nitrogen and oxygen atoms in total.